The van der Waals surface area contributed by atoms with Gasteiger partial charge in [0.1, 0.15) is 0 Å². The van der Waals surface area contributed by atoms with E-state index in [-0.39, 0.29) is 0 Å². The van der Waals surface area contributed by atoms with Gasteiger partial charge in [-0.1, -0.05) is 20.8 Å². The molecule has 0 aliphatic rings. The normalized spacial score (nSPS) is 13.4. The number of nitrogens with zero attached hydrogens (tertiary/aromatic N) is 3. The van der Waals surface area contributed by atoms with Crippen LogP contribution in [-0.4, -0.2) is 34.3 Å². The van der Waals surface area contributed by atoms with Crippen molar-refractivity contribution in [2.45, 2.75) is 27.3 Å². The summed E-state index contributed by atoms with van der Waals surface area (Å²) >= 11 is 0. The summed E-state index contributed by atoms with van der Waals surface area (Å²) in [5.41, 5.74) is 0. The molecule has 0 aliphatic carbocycles. The van der Waals surface area contributed by atoms with E-state index in [0.29, 0.717) is 5.92 Å². The Bertz CT molecular complexity index is 227. The molecule has 3 heteroatoms. The van der Waals surface area contributed by atoms with Crippen molar-refractivity contribution in [1.82, 2.24) is 14.7 Å². The molecule has 0 saturated heterocycles. The van der Waals surface area contributed by atoms with Gasteiger partial charge in [-0.05, 0) is 25.1 Å². The summed E-state index contributed by atoms with van der Waals surface area (Å²) in [6, 6.07) is 1.98. The van der Waals surface area contributed by atoms with E-state index in [1.54, 1.807) is 0 Å². The SMILES string of the molecule is CCN(CC)CC(C)Cn1cccn1. The summed E-state index contributed by atoms with van der Waals surface area (Å²) in [7, 11) is 0. The molecular formula is C11H21N3. The Morgan fingerprint density at radius 1 is 1.36 bits per heavy atom. The first kappa shape index (κ1) is 11.2. The third-order valence-corrected chi connectivity index (χ3v) is 2.52. The Balaban J connectivity index is 2.31. The van der Waals surface area contributed by atoms with Crippen molar-refractivity contribution < 1.29 is 0 Å². The minimum Gasteiger partial charge on any atom is -0.304 e. The molecule has 0 N–H and O–H groups in total. The van der Waals surface area contributed by atoms with Crippen LogP contribution >= 0.6 is 0 Å². The fourth-order valence-electron chi connectivity index (χ4n) is 1.71. The maximum Gasteiger partial charge on any atom is 0.0489 e. The van der Waals surface area contributed by atoms with Gasteiger partial charge in [0.15, 0.2) is 0 Å². The lowest BCUT2D eigenvalue weighted by atomic mass is 10.1. The topological polar surface area (TPSA) is 21.1 Å². The van der Waals surface area contributed by atoms with E-state index in [2.05, 4.69) is 30.8 Å². The van der Waals surface area contributed by atoms with Gasteiger partial charge in [0, 0.05) is 25.5 Å². The predicted molar refractivity (Wildman–Crippen MR) is 59.2 cm³/mol. The highest BCUT2D eigenvalue weighted by molar-refractivity contribution is 4.78. The highest BCUT2D eigenvalue weighted by Gasteiger charge is 2.07. The van der Waals surface area contributed by atoms with E-state index < -0.39 is 0 Å². The van der Waals surface area contributed by atoms with Crippen LogP contribution in [0.25, 0.3) is 0 Å². The Kier molecular flexibility index (Phi) is 4.66. The van der Waals surface area contributed by atoms with E-state index in [1.807, 2.05) is 23.1 Å². The van der Waals surface area contributed by atoms with Gasteiger partial charge in [-0.2, -0.15) is 5.10 Å². The van der Waals surface area contributed by atoms with Gasteiger partial charge in [0.25, 0.3) is 0 Å². The molecule has 1 heterocycles. The standard InChI is InChI=1S/C11H21N3/c1-4-13(5-2)9-11(3)10-14-8-6-7-12-14/h6-8,11H,4-5,9-10H2,1-3H3. The monoisotopic (exact) mass is 195 g/mol. The van der Waals surface area contributed by atoms with Crippen molar-refractivity contribution in [1.29, 1.82) is 0 Å². The summed E-state index contributed by atoms with van der Waals surface area (Å²) in [5, 5.41) is 4.21. The molecule has 0 saturated carbocycles. The number of aromatic nitrogens is 2. The van der Waals surface area contributed by atoms with Crippen LogP contribution in [0.2, 0.25) is 0 Å². The van der Waals surface area contributed by atoms with E-state index >= 15 is 0 Å². The molecule has 80 valence electrons. The lowest BCUT2D eigenvalue weighted by molar-refractivity contribution is 0.244. The van der Waals surface area contributed by atoms with Crippen LogP contribution < -0.4 is 0 Å². The van der Waals surface area contributed by atoms with Crippen LogP contribution in [0.1, 0.15) is 20.8 Å². The van der Waals surface area contributed by atoms with Gasteiger partial charge >= 0.3 is 0 Å². The largest absolute Gasteiger partial charge is 0.304 e. The second-order valence-corrected chi connectivity index (χ2v) is 3.82. The Labute approximate surface area is 86.7 Å². The molecule has 1 aromatic heterocycles. The van der Waals surface area contributed by atoms with Gasteiger partial charge in [-0.15, -0.1) is 0 Å². The molecule has 0 radical (unpaired) electrons. The van der Waals surface area contributed by atoms with Crippen molar-refractivity contribution in [2.75, 3.05) is 19.6 Å². The van der Waals surface area contributed by atoms with Crippen LogP contribution in [0, 0.1) is 5.92 Å². The number of hydrogen-bond donors (Lipinski definition) is 0. The Morgan fingerprint density at radius 3 is 2.57 bits per heavy atom. The first-order chi connectivity index (χ1) is 6.76. The summed E-state index contributed by atoms with van der Waals surface area (Å²) in [6.07, 6.45) is 3.86. The number of rotatable bonds is 6. The zero-order valence-corrected chi connectivity index (χ0v) is 9.48. The van der Waals surface area contributed by atoms with Crippen molar-refractivity contribution in [3.8, 4) is 0 Å². The molecule has 0 amide bonds. The highest BCUT2D eigenvalue weighted by Crippen LogP contribution is 2.02. The van der Waals surface area contributed by atoms with Crippen molar-refractivity contribution in [3.05, 3.63) is 18.5 Å². The predicted octanol–water partition coefficient (Wildman–Crippen LogP) is 1.86. The van der Waals surface area contributed by atoms with Crippen LogP contribution in [0.4, 0.5) is 0 Å². The lowest BCUT2D eigenvalue weighted by Crippen LogP contribution is -2.30. The molecule has 0 bridgehead atoms. The van der Waals surface area contributed by atoms with Crippen LogP contribution in [-0.2, 0) is 6.54 Å². The maximum absolute atomic E-state index is 4.21. The summed E-state index contributed by atoms with van der Waals surface area (Å²) in [6.45, 7) is 11.2. The van der Waals surface area contributed by atoms with Crippen molar-refractivity contribution >= 4 is 0 Å². The lowest BCUT2D eigenvalue weighted by Gasteiger charge is -2.22. The van der Waals surface area contributed by atoms with E-state index in [1.165, 1.54) is 0 Å². The number of hydrogen-bond acceptors (Lipinski definition) is 2. The molecule has 0 spiro atoms. The van der Waals surface area contributed by atoms with Gasteiger partial charge in [-0.25, -0.2) is 0 Å². The fraction of sp³-hybridized carbons (Fsp3) is 0.727. The summed E-state index contributed by atoms with van der Waals surface area (Å²) in [4.78, 5) is 2.45. The van der Waals surface area contributed by atoms with E-state index in [4.69, 9.17) is 0 Å². The van der Waals surface area contributed by atoms with E-state index in [9.17, 15) is 0 Å². The Hall–Kier alpha value is -0.830. The first-order valence-corrected chi connectivity index (χ1v) is 5.46. The smallest absolute Gasteiger partial charge is 0.0489 e. The molecule has 1 atom stereocenters. The molecule has 1 unspecified atom stereocenters. The van der Waals surface area contributed by atoms with Gasteiger partial charge < -0.3 is 4.90 Å². The second kappa shape index (κ2) is 5.81. The zero-order valence-electron chi connectivity index (χ0n) is 9.48. The third-order valence-electron chi connectivity index (χ3n) is 2.52. The highest BCUT2D eigenvalue weighted by atomic mass is 15.3. The Morgan fingerprint density at radius 2 is 2.07 bits per heavy atom. The first-order valence-electron chi connectivity index (χ1n) is 5.46. The molecule has 0 aromatic carbocycles. The van der Waals surface area contributed by atoms with Gasteiger partial charge in [-0.3, -0.25) is 4.68 Å². The average molecular weight is 195 g/mol. The minimum absolute atomic E-state index is 0.662. The van der Waals surface area contributed by atoms with Gasteiger partial charge in [0.2, 0.25) is 0 Å². The van der Waals surface area contributed by atoms with Crippen LogP contribution in [0.15, 0.2) is 18.5 Å². The quantitative estimate of drug-likeness (QED) is 0.691. The molecule has 14 heavy (non-hydrogen) atoms. The van der Waals surface area contributed by atoms with Crippen molar-refractivity contribution in [3.63, 3.8) is 0 Å². The average Bonchev–Trinajstić information content (AvgIpc) is 2.66. The zero-order chi connectivity index (χ0) is 10.4. The molecule has 0 fully saturated rings. The molecule has 1 aromatic rings. The second-order valence-electron chi connectivity index (χ2n) is 3.82. The van der Waals surface area contributed by atoms with E-state index in [0.717, 1.165) is 26.2 Å². The molecule has 1 rings (SSSR count). The summed E-state index contributed by atoms with van der Waals surface area (Å²) < 4.78 is 2.01. The maximum atomic E-state index is 4.21. The molecular weight excluding hydrogens is 174 g/mol. The minimum atomic E-state index is 0.662. The molecule has 3 nitrogen and oxygen atoms in total. The molecule has 0 aliphatic heterocycles. The third kappa shape index (κ3) is 3.50. The summed E-state index contributed by atoms with van der Waals surface area (Å²) in [5.74, 6) is 0.662. The van der Waals surface area contributed by atoms with Crippen molar-refractivity contribution in [2.24, 2.45) is 5.92 Å². The van der Waals surface area contributed by atoms with Crippen LogP contribution in [0.3, 0.4) is 0 Å². The fourth-order valence-corrected chi connectivity index (χ4v) is 1.71. The van der Waals surface area contributed by atoms with Crippen LogP contribution in [0.5, 0.6) is 0 Å². The van der Waals surface area contributed by atoms with Gasteiger partial charge in [0.05, 0.1) is 0 Å².